The standard InChI is InChI=1S/C26H20.C5H5BrN.BH3O3/c1-5-13-21(14-6-1)25(22-15-7-2-8-16-22)26(23-17-9-3-10-18-23)24-19-11-4-12-20-24;6-7-4-2-1-3-5-7;2-1(3)4/h1-20H;1-5H;2-4H/q;+1;. The zero-order valence-electron chi connectivity index (χ0n) is 20.2. The highest BCUT2D eigenvalue weighted by Gasteiger charge is 2.15. The van der Waals surface area contributed by atoms with Crippen LogP contribution in [-0.4, -0.2) is 22.4 Å². The van der Waals surface area contributed by atoms with E-state index in [0.29, 0.717) is 0 Å². The van der Waals surface area contributed by atoms with Crippen LogP contribution in [0.4, 0.5) is 0 Å². The molecular formula is C31H28BBrNO3+. The topological polar surface area (TPSA) is 64.6 Å². The summed E-state index contributed by atoms with van der Waals surface area (Å²) < 4.78 is 1.81. The molecule has 0 saturated heterocycles. The molecule has 1 heterocycles. The fourth-order valence-electron chi connectivity index (χ4n) is 3.71. The molecule has 5 aromatic rings. The van der Waals surface area contributed by atoms with Crippen LogP contribution >= 0.6 is 16.1 Å². The van der Waals surface area contributed by atoms with Gasteiger partial charge in [0, 0.05) is 12.1 Å². The zero-order valence-corrected chi connectivity index (χ0v) is 21.8. The van der Waals surface area contributed by atoms with E-state index in [0.717, 1.165) is 0 Å². The summed E-state index contributed by atoms with van der Waals surface area (Å²) in [7, 11) is -2.17. The number of rotatable bonds is 4. The maximum absolute atomic E-state index is 7.17. The van der Waals surface area contributed by atoms with Gasteiger partial charge in [0.1, 0.15) is 0 Å². The van der Waals surface area contributed by atoms with Gasteiger partial charge in [0.05, 0.1) is 0 Å². The minimum atomic E-state index is -2.17. The molecule has 5 rings (SSSR count). The summed E-state index contributed by atoms with van der Waals surface area (Å²) in [4.78, 5) is 0. The molecule has 184 valence electrons. The molecule has 0 aliphatic heterocycles. The lowest BCUT2D eigenvalue weighted by Crippen LogP contribution is -2.15. The van der Waals surface area contributed by atoms with Crippen molar-refractivity contribution >= 4 is 34.6 Å². The van der Waals surface area contributed by atoms with Gasteiger partial charge in [0.2, 0.25) is 0 Å². The molecule has 0 amide bonds. The smallest absolute Gasteiger partial charge is 0.402 e. The molecule has 0 bridgehead atoms. The van der Waals surface area contributed by atoms with Crippen LogP contribution in [-0.2, 0) is 0 Å². The summed E-state index contributed by atoms with van der Waals surface area (Å²) in [6.07, 6.45) is 3.83. The Labute approximate surface area is 227 Å². The molecule has 6 heteroatoms. The minimum absolute atomic E-state index is 1.22. The first kappa shape index (κ1) is 27.8. The van der Waals surface area contributed by atoms with Crippen molar-refractivity contribution in [3.63, 3.8) is 0 Å². The highest BCUT2D eigenvalue weighted by molar-refractivity contribution is 9.04. The van der Waals surface area contributed by atoms with Crippen molar-refractivity contribution in [2.24, 2.45) is 0 Å². The lowest BCUT2D eigenvalue weighted by molar-refractivity contribution is -0.473. The first-order valence-electron chi connectivity index (χ1n) is 11.7. The van der Waals surface area contributed by atoms with Crippen LogP contribution in [0.3, 0.4) is 0 Å². The van der Waals surface area contributed by atoms with Crippen LogP contribution in [0.5, 0.6) is 0 Å². The Morgan fingerprint density at radius 2 is 0.649 bits per heavy atom. The SMILES string of the molecule is Br[n+]1ccccc1.OB(O)O.c1ccc(C(=C(c2ccccc2)c2ccccc2)c2ccccc2)cc1. The molecule has 0 spiro atoms. The summed E-state index contributed by atoms with van der Waals surface area (Å²) in [6, 6.07) is 48.5. The largest absolute Gasteiger partial charge is 0.631 e. The van der Waals surface area contributed by atoms with E-state index in [1.165, 1.54) is 33.4 Å². The molecule has 0 saturated carbocycles. The maximum atomic E-state index is 7.17. The summed E-state index contributed by atoms with van der Waals surface area (Å²) in [5, 5.41) is 21.5. The van der Waals surface area contributed by atoms with Crippen molar-refractivity contribution in [3.05, 3.63) is 174 Å². The van der Waals surface area contributed by atoms with E-state index in [4.69, 9.17) is 15.1 Å². The third-order valence-electron chi connectivity index (χ3n) is 5.18. The molecule has 0 unspecified atom stereocenters. The fourth-order valence-corrected chi connectivity index (χ4v) is 3.98. The Hall–Kier alpha value is -3.81. The van der Waals surface area contributed by atoms with Gasteiger partial charge in [-0.15, -0.1) is 3.59 Å². The highest BCUT2D eigenvalue weighted by atomic mass is 79.9. The van der Waals surface area contributed by atoms with Crippen molar-refractivity contribution in [1.29, 1.82) is 0 Å². The summed E-state index contributed by atoms with van der Waals surface area (Å²) in [5.41, 5.74) is 7.40. The minimum Gasteiger partial charge on any atom is -0.402 e. The lowest BCUT2D eigenvalue weighted by Gasteiger charge is -2.18. The van der Waals surface area contributed by atoms with E-state index in [1.54, 1.807) is 0 Å². The van der Waals surface area contributed by atoms with Gasteiger partial charge in [-0.2, -0.15) is 0 Å². The molecule has 3 N–H and O–H groups in total. The zero-order chi connectivity index (χ0) is 26.3. The average Bonchev–Trinajstić information content (AvgIpc) is 2.94. The highest BCUT2D eigenvalue weighted by Crippen LogP contribution is 2.36. The van der Waals surface area contributed by atoms with Gasteiger partial charge in [0.15, 0.2) is 12.4 Å². The second kappa shape index (κ2) is 15.3. The summed E-state index contributed by atoms with van der Waals surface area (Å²) >= 11 is 3.23. The predicted octanol–water partition coefficient (Wildman–Crippen LogP) is 5.77. The summed E-state index contributed by atoms with van der Waals surface area (Å²) in [6.45, 7) is 0. The lowest BCUT2D eigenvalue weighted by atomic mass is 9.86. The third kappa shape index (κ3) is 9.30. The van der Waals surface area contributed by atoms with Gasteiger partial charge < -0.3 is 15.1 Å². The van der Waals surface area contributed by atoms with E-state index in [-0.39, 0.29) is 0 Å². The summed E-state index contributed by atoms with van der Waals surface area (Å²) in [5.74, 6) is 0. The Morgan fingerprint density at radius 3 is 0.838 bits per heavy atom. The van der Waals surface area contributed by atoms with E-state index in [2.05, 4.69) is 137 Å². The van der Waals surface area contributed by atoms with Gasteiger partial charge in [0.25, 0.3) is 0 Å². The van der Waals surface area contributed by atoms with E-state index < -0.39 is 7.32 Å². The molecule has 0 radical (unpaired) electrons. The van der Waals surface area contributed by atoms with Gasteiger partial charge in [-0.25, -0.2) is 0 Å². The molecule has 1 aromatic heterocycles. The Kier molecular flexibility index (Phi) is 11.5. The number of nitrogens with zero attached hydrogens (tertiary/aromatic N) is 1. The normalized spacial score (nSPS) is 9.62. The first-order chi connectivity index (χ1) is 18.1. The van der Waals surface area contributed by atoms with Crippen molar-refractivity contribution in [3.8, 4) is 0 Å². The van der Waals surface area contributed by atoms with Crippen molar-refractivity contribution in [2.75, 3.05) is 0 Å². The molecule has 0 fully saturated rings. The number of hydrogen-bond acceptors (Lipinski definition) is 3. The molecular weight excluding hydrogens is 525 g/mol. The van der Waals surface area contributed by atoms with Crippen LogP contribution < -0.4 is 3.59 Å². The Morgan fingerprint density at radius 1 is 0.432 bits per heavy atom. The molecule has 0 atom stereocenters. The average molecular weight is 553 g/mol. The molecule has 4 nitrogen and oxygen atoms in total. The Bertz CT molecular complexity index is 1170. The molecule has 0 aliphatic rings. The Balaban J connectivity index is 0.000000289. The quantitative estimate of drug-likeness (QED) is 0.196. The molecule has 4 aromatic carbocycles. The second-order valence-corrected chi connectivity index (χ2v) is 8.60. The van der Waals surface area contributed by atoms with Gasteiger partial charge in [-0.05, 0) is 33.4 Å². The van der Waals surface area contributed by atoms with Crippen molar-refractivity contribution in [1.82, 2.24) is 0 Å². The van der Waals surface area contributed by atoms with Gasteiger partial charge >= 0.3 is 23.5 Å². The first-order valence-corrected chi connectivity index (χ1v) is 12.4. The number of hydrogen-bond donors (Lipinski definition) is 3. The van der Waals surface area contributed by atoms with E-state index in [1.807, 2.05) is 34.2 Å². The second-order valence-electron chi connectivity index (χ2n) is 7.78. The number of halogens is 1. The number of aromatic nitrogens is 1. The van der Waals surface area contributed by atoms with Crippen LogP contribution in [0, 0.1) is 0 Å². The number of pyridine rings is 1. The third-order valence-corrected chi connectivity index (χ3v) is 5.65. The monoisotopic (exact) mass is 552 g/mol. The maximum Gasteiger partial charge on any atom is 0.631 e. The van der Waals surface area contributed by atoms with Crippen molar-refractivity contribution < 1.29 is 18.7 Å². The van der Waals surface area contributed by atoms with Crippen molar-refractivity contribution in [2.45, 2.75) is 0 Å². The van der Waals surface area contributed by atoms with Gasteiger partial charge in [-0.1, -0.05) is 127 Å². The fraction of sp³-hybridized carbons (Fsp3) is 0. The van der Waals surface area contributed by atoms with Gasteiger partial charge in [-0.3, -0.25) is 0 Å². The van der Waals surface area contributed by atoms with Crippen LogP contribution in [0.2, 0.25) is 0 Å². The molecule has 0 aliphatic carbocycles. The van der Waals surface area contributed by atoms with Crippen LogP contribution in [0.1, 0.15) is 22.3 Å². The molecule has 37 heavy (non-hydrogen) atoms. The van der Waals surface area contributed by atoms with Crippen LogP contribution in [0.25, 0.3) is 11.1 Å². The van der Waals surface area contributed by atoms with E-state index >= 15 is 0 Å². The van der Waals surface area contributed by atoms with E-state index in [9.17, 15) is 0 Å². The predicted molar refractivity (Wildman–Crippen MR) is 154 cm³/mol. The number of benzene rings is 4. The van der Waals surface area contributed by atoms with Crippen LogP contribution in [0.15, 0.2) is 152 Å².